The second-order valence-electron chi connectivity index (χ2n) is 8.44. The topological polar surface area (TPSA) is 113 Å². The average Bonchev–Trinajstić information content (AvgIpc) is 3.09. The van der Waals surface area contributed by atoms with E-state index in [-0.39, 0.29) is 11.3 Å². The molecule has 7 heteroatoms. The van der Waals surface area contributed by atoms with Crippen LogP contribution in [0.1, 0.15) is 27.2 Å². The first-order chi connectivity index (χ1) is 11.1. The van der Waals surface area contributed by atoms with Gasteiger partial charge in [-0.25, -0.2) is 0 Å². The highest BCUT2D eigenvalue weighted by Gasteiger charge is 2.83. The van der Waals surface area contributed by atoms with Crippen molar-refractivity contribution in [3.8, 4) is 0 Å². The Hall–Kier alpha value is -1.28. The average molecular weight is 338 g/mol. The lowest BCUT2D eigenvalue weighted by molar-refractivity contribution is -0.208. The molecule has 0 amide bonds. The van der Waals surface area contributed by atoms with Gasteiger partial charge in [0, 0.05) is 0 Å². The Balaban J connectivity index is 2.00. The van der Waals surface area contributed by atoms with E-state index in [0.717, 1.165) is 0 Å². The van der Waals surface area contributed by atoms with Crippen molar-refractivity contribution in [2.75, 3.05) is 0 Å². The van der Waals surface area contributed by atoms with Crippen molar-refractivity contribution in [3.63, 3.8) is 0 Å². The van der Waals surface area contributed by atoms with Crippen LogP contribution in [0.3, 0.4) is 0 Å². The van der Waals surface area contributed by atoms with E-state index in [1.807, 2.05) is 20.8 Å². The maximum Gasteiger partial charge on any atom is 0.318 e. The number of aliphatic hydroxyl groups excluding tert-OH is 3. The normalized spacial score (nSPS) is 52.9. The van der Waals surface area contributed by atoms with Crippen molar-refractivity contribution in [2.45, 2.75) is 52.0 Å². The molecule has 2 saturated heterocycles. The number of esters is 1. The quantitative estimate of drug-likeness (QED) is 0.412. The second-order valence-corrected chi connectivity index (χ2v) is 8.44. The fourth-order valence-corrected chi connectivity index (χ4v) is 5.80. The minimum absolute atomic E-state index is 0.330. The van der Waals surface area contributed by atoms with Crippen LogP contribution in [-0.2, 0) is 19.1 Å². The Morgan fingerprint density at radius 3 is 2.42 bits per heavy atom. The molecule has 4 rings (SSSR count). The van der Waals surface area contributed by atoms with Gasteiger partial charge in [-0.3, -0.25) is 9.59 Å². The molecule has 0 bridgehead atoms. The summed E-state index contributed by atoms with van der Waals surface area (Å²) in [6.45, 7) is 5.87. The minimum Gasteiger partial charge on any atom is -0.461 e. The number of hydrogen-bond acceptors (Lipinski definition) is 7. The first-order valence-electron chi connectivity index (χ1n) is 8.21. The molecule has 0 radical (unpaired) electrons. The summed E-state index contributed by atoms with van der Waals surface area (Å²) in [4.78, 5) is 24.7. The number of hydrogen-bond donors (Lipinski definition) is 3. The predicted octanol–water partition coefficient (Wildman–Crippen LogP) is -0.266. The number of allylic oxidation sites excluding steroid dienone is 1. The zero-order valence-electron chi connectivity index (χ0n) is 13.8. The molecule has 3 N–H and O–H groups in total. The Kier molecular flexibility index (Phi) is 3.01. The standard InChI is InChI=1S/C17H22O7/c1-15(2,3)8-6-9-16(5-4-7(18)10(16)12(20)23-9)17(8)11(19)13(21)24-14(17)22/h4-5,8-11,13-14,19,21-22H,6H2,1-3H3/t8-,9+,10-,11+,13?,14?,16-,17-/m0/s1. The van der Waals surface area contributed by atoms with E-state index in [9.17, 15) is 24.9 Å². The van der Waals surface area contributed by atoms with Gasteiger partial charge in [-0.15, -0.1) is 0 Å². The highest BCUT2D eigenvalue weighted by atomic mass is 16.7. The highest BCUT2D eigenvalue weighted by Crippen LogP contribution is 2.73. The van der Waals surface area contributed by atoms with Crippen molar-refractivity contribution in [1.82, 2.24) is 0 Å². The summed E-state index contributed by atoms with van der Waals surface area (Å²) in [5, 5.41) is 31.7. The third-order valence-electron chi connectivity index (χ3n) is 6.57. The van der Waals surface area contributed by atoms with Gasteiger partial charge in [0.25, 0.3) is 0 Å². The van der Waals surface area contributed by atoms with Crippen molar-refractivity contribution < 1.29 is 34.4 Å². The zero-order chi connectivity index (χ0) is 17.7. The van der Waals surface area contributed by atoms with Gasteiger partial charge in [-0.2, -0.15) is 0 Å². The maximum absolute atomic E-state index is 12.3. The summed E-state index contributed by atoms with van der Waals surface area (Å²) >= 11 is 0. The van der Waals surface area contributed by atoms with E-state index in [0.29, 0.717) is 6.42 Å². The smallest absolute Gasteiger partial charge is 0.318 e. The molecule has 7 nitrogen and oxygen atoms in total. The van der Waals surface area contributed by atoms with Gasteiger partial charge in [-0.05, 0) is 23.8 Å². The van der Waals surface area contributed by atoms with Crippen LogP contribution >= 0.6 is 0 Å². The van der Waals surface area contributed by atoms with E-state index < -0.39 is 53.3 Å². The van der Waals surface area contributed by atoms with Crippen LogP contribution in [0.5, 0.6) is 0 Å². The first-order valence-corrected chi connectivity index (χ1v) is 8.21. The molecule has 2 unspecified atom stereocenters. The van der Waals surface area contributed by atoms with Crippen LogP contribution in [-0.4, -0.2) is 51.9 Å². The lowest BCUT2D eigenvalue weighted by Crippen LogP contribution is -2.59. The molecule has 2 spiro atoms. The van der Waals surface area contributed by atoms with E-state index in [1.54, 1.807) is 6.08 Å². The van der Waals surface area contributed by atoms with E-state index in [4.69, 9.17) is 9.47 Å². The van der Waals surface area contributed by atoms with Crippen LogP contribution < -0.4 is 0 Å². The number of ketones is 1. The Labute approximate surface area is 139 Å². The number of aliphatic hydroxyl groups is 3. The molecule has 0 aromatic heterocycles. The van der Waals surface area contributed by atoms with Crippen LogP contribution in [0.25, 0.3) is 0 Å². The fourth-order valence-electron chi connectivity index (χ4n) is 5.80. The largest absolute Gasteiger partial charge is 0.461 e. The molecule has 8 atom stereocenters. The zero-order valence-corrected chi connectivity index (χ0v) is 13.8. The van der Waals surface area contributed by atoms with Gasteiger partial charge in [0.1, 0.15) is 18.1 Å². The lowest BCUT2D eigenvalue weighted by atomic mass is 9.52. The van der Waals surface area contributed by atoms with Gasteiger partial charge >= 0.3 is 5.97 Å². The van der Waals surface area contributed by atoms with E-state index in [1.165, 1.54) is 6.08 Å². The van der Waals surface area contributed by atoms with Crippen LogP contribution in [0, 0.1) is 28.1 Å². The van der Waals surface area contributed by atoms with Gasteiger partial charge in [0.2, 0.25) is 0 Å². The van der Waals surface area contributed by atoms with Crippen molar-refractivity contribution >= 4 is 11.8 Å². The van der Waals surface area contributed by atoms with Crippen molar-refractivity contribution in [1.29, 1.82) is 0 Å². The Bertz CT molecular complexity index is 650. The summed E-state index contributed by atoms with van der Waals surface area (Å²) < 4.78 is 10.7. The molecule has 132 valence electrons. The molecule has 2 aliphatic carbocycles. The molecule has 24 heavy (non-hydrogen) atoms. The van der Waals surface area contributed by atoms with Gasteiger partial charge in [0.05, 0.1) is 10.8 Å². The molecule has 2 aliphatic heterocycles. The minimum atomic E-state index is -1.58. The third kappa shape index (κ3) is 1.48. The molecule has 1 saturated carbocycles. The highest BCUT2D eigenvalue weighted by molar-refractivity contribution is 6.10. The molecule has 0 aromatic rings. The van der Waals surface area contributed by atoms with Crippen LogP contribution in [0.2, 0.25) is 0 Å². The van der Waals surface area contributed by atoms with E-state index >= 15 is 0 Å². The third-order valence-corrected chi connectivity index (χ3v) is 6.57. The van der Waals surface area contributed by atoms with Gasteiger partial charge in [0.15, 0.2) is 18.4 Å². The number of rotatable bonds is 0. The monoisotopic (exact) mass is 338 g/mol. The maximum atomic E-state index is 12.3. The molecular weight excluding hydrogens is 316 g/mol. The Morgan fingerprint density at radius 1 is 1.21 bits per heavy atom. The van der Waals surface area contributed by atoms with Crippen LogP contribution in [0.4, 0.5) is 0 Å². The summed E-state index contributed by atoms with van der Waals surface area (Å²) in [5.74, 6) is -2.46. The summed E-state index contributed by atoms with van der Waals surface area (Å²) in [7, 11) is 0. The molecule has 4 aliphatic rings. The molecule has 0 aromatic carbocycles. The Morgan fingerprint density at radius 2 is 1.88 bits per heavy atom. The summed E-state index contributed by atoms with van der Waals surface area (Å²) in [5.41, 5.74) is -2.98. The number of carbonyl (C=O) groups excluding carboxylic acids is 2. The summed E-state index contributed by atoms with van der Waals surface area (Å²) in [6.07, 6.45) is -1.87. The molecule has 2 heterocycles. The van der Waals surface area contributed by atoms with Gasteiger partial charge < -0.3 is 24.8 Å². The predicted molar refractivity (Wildman–Crippen MR) is 79.1 cm³/mol. The second kappa shape index (κ2) is 4.46. The summed E-state index contributed by atoms with van der Waals surface area (Å²) in [6, 6.07) is 0. The SMILES string of the molecule is CC(C)(C)[C@@H]1C[C@H]2OC(=O)[C@@H]3C(=O)C=C[C@@]32[C@@]12C(O)OC(O)[C@H]2O. The lowest BCUT2D eigenvalue weighted by Gasteiger charge is -2.49. The van der Waals surface area contributed by atoms with Crippen LogP contribution in [0.15, 0.2) is 12.2 Å². The van der Waals surface area contributed by atoms with Gasteiger partial charge in [-0.1, -0.05) is 26.8 Å². The first kappa shape index (κ1) is 16.2. The van der Waals surface area contributed by atoms with E-state index in [2.05, 4.69) is 0 Å². The number of carbonyl (C=O) groups is 2. The molecular formula is C17H22O7. The fraction of sp³-hybridized carbons (Fsp3) is 0.765. The van der Waals surface area contributed by atoms with Crippen molar-refractivity contribution in [3.05, 3.63) is 12.2 Å². The van der Waals surface area contributed by atoms with Crippen molar-refractivity contribution in [2.24, 2.45) is 28.1 Å². The number of ether oxygens (including phenoxy) is 2. The molecule has 3 fully saturated rings.